The van der Waals surface area contributed by atoms with E-state index in [9.17, 15) is 4.39 Å². The van der Waals surface area contributed by atoms with Crippen LogP contribution in [0.5, 0.6) is 0 Å². The van der Waals surface area contributed by atoms with Crippen molar-refractivity contribution in [2.75, 3.05) is 0 Å². The van der Waals surface area contributed by atoms with Gasteiger partial charge < -0.3 is 4.57 Å². The molecule has 0 amide bonds. The lowest BCUT2D eigenvalue weighted by Crippen LogP contribution is -2.06. The van der Waals surface area contributed by atoms with Crippen molar-refractivity contribution in [2.24, 2.45) is 0 Å². The van der Waals surface area contributed by atoms with Crippen LogP contribution in [0.15, 0.2) is 36.5 Å². The van der Waals surface area contributed by atoms with Crippen molar-refractivity contribution in [1.82, 2.24) is 14.5 Å². The summed E-state index contributed by atoms with van der Waals surface area (Å²) < 4.78 is 15.5. The molecule has 1 unspecified atom stereocenters. The molecule has 21 heavy (non-hydrogen) atoms. The van der Waals surface area contributed by atoms with Crippen molar-refractivity contribution >= 4 is 34.2 Å². The number of halogens is 3. The van der Waals surface area contributed by atoms with Crippen LogP contribution in [0, 0.1) is 5.82 Å². The molecule has 0 aliphatic heterocycles. The number of benzene rings is 1. The van der Waals surface area contributed by atoms with E-state index in [4.69, 9.17) is 23.2 Å². The number of nitrogens with zero attached hydrogens (tertiary/aromatic N) is 3. The summed E-state index contributed by atoms with van der Waals surface area (Å²) in [6.07, 6.45) is 1.73. The first kappa shape index (κ1) is 14.3. The highest BCUT2D eigenvalue weighted by molar-refractivity contribution is 6.31. The Bertz CT molecular complexity index is 784. The number of pyridine rings is 1. The van der Waals surface area contributed by atoms with Gasteiger partial charge >= 0.3 is 0 Å². The van der Waals surface area contributed by atoms with Crippen LogP contribution in [-0.4, -0.2) is 14.5 Å². The molecule has 3 rings (SSSR count). The summed E-state index contributed by atoms with van der Waals surface area (Å²) in [5, 5.41) is -0.235. The SMILES string of the molecule is CC(Cl)c1nc2cc(F)c(Cl)cc2n1Cc1ccccn1. The van der Waals surface area contributed by atoms with E-state index in [-0.39, 0.29) is 10.4 Å². The van der Waals surface area contributed by atoms with E-state index < -0.39 is 5.82 Å². The van der Waals surface area contributed by atoms with Gasteiger partial charge in [0.05, 0.1) is 33.7 Å². The summed E-state index contributed by atoms with van der Waals surface area (Å²) in [7, 11) is 0. The monoisotopic (exact) mass is 323 g/mol. The van der Waals surface area contributed by atoms with E-state index in [1.807, 2.05) is 29.7 Å². The summed E-state index contributed by atoms with van der Waals surface area (Å²) in [6.45, 7) is 2.33. The Morgan fingerprint density at radius 1 is 1.33 bits per heavy atom. The lowest BCUT2D eigenvalue weighted by molar-refractivity contribution is 0.629. The third-order valence-corrected chi connectivity index (χ3v) is 3.71. The second-order valence-corrected chi connectivity index (χ2v) is 5.81. The minimum atomic E-state index is -0.486. The van der Waals surface area contributed by atoms with Gasteiger partial charge in [-0.25, -0.2) is 9.37 Å². The topological polar surface area (TPSA) is 30.7 Å². The normalized spacial score (nSPS) is 12.8. The summed E-state index contributed by atoms with van der Waals surface area (Å²) in [6, 6.07) is 8.59. The first-order valence-corrected chi connectivity index (χ1v) is 7.27. The molecule has 0 radical (unpaired) electrons. The molecule has 0 fully saturated rings. The van der Waals surface area contributed by atoms with Crippen LogP contribution in [0.1, 0.15) is 23.8 Å². The maximum atomic E-state index is 13.6. The van der Waals surface area contributed by atoms with Crippen molar-refractivity contribution in [2.45, 2.75) is 18.8 Å². The Kier molecular flexibility index (Phi) is 3.83. The highest BCUT2D eigenvalue weighted by atomic mass is 35.5. The Hall–Kier alpha value is -1.65. The molecule has 0 saturated carbocycles. The average molecular weight is 324 g/mol. The first-order chi connectivity index (χ1) is 10.1. The van der Waals surface area contributed by atoms with E-state index >= 15 is 0 Å². The molecule has 0 bridgehead atoms. The molecule has 0 spiro atoms. The van der Waals surface area contributed by atoms with Gasteiger partial charge in [0.25, 0.3) is 0 Å². The van der Waals surface area contributed by atoms with E-state index in [1.54, 1.807) is 12.3 Å². The minimum absolute atomic E-state index is 0.0680. The zero-order valence-corrected chi connectivity index (χ0v) is 12.7. The molecule has 3 nitrogen and oxygen atoms in total. The molecule has 6 heteroatoms. The Balaban J connectivity index is 2.18. The standard InChI is InChI=1S/C15H12Cl2FN3/c1-9(16)15-20-13-7-12(18)11(17)6-14(13)21(15)8-10-4-2-3-5-19-10/h2-7,9H,8H2,1H3. The third kappa shape index (κ3) is 2.74. The van der Waals surface area contributed by atoms with Gasteiger partial charge in [-0.3, -0.25) is 4.98 Å². The molecule has 0 aliphatic carbocycles. The Labute approximate surface area is 131 Å². The molecular weight excluding hydrogens is 312 g/mol. The number of fused-ring (bicyclic) bond motifs is 1. The molecule has 3 aromatic rings. The second kappa shape index (κ2) is 5.62. The van der Waals surface area contributed by atoms with Crippen molar-refractivity contribution in [3.05, 3.63) is 58.9 Å². The van der Waals surface area contributed by atoms with Crippen LogP contribution < -0.4 is 0 Å². The summed E-state index contributed by atoms with van der Waals surface area (Å²) in [5.74, 6) is 0.180. The van der Waals surface area contributed by atoms with Gasteiger partial charge in [0, 0.05) is 12.3 Å². The van der Waals surface area contributed by atoms with E-state index in [0.29, 0.717) is 17.9 Å². The molecular formula is C15H12Cl2FN3. The lowest BCUT2D eigenvalue weighted by atomic mass is 10.3. The van der Waals surface area contributed by atoms with Crippen molar-refractivity contribution < 1.29 is 4.39 Å². The number of imidazole rings is 1. The lowest BCUT2D eigenvalue weighted by Gasteiger charge is -2.10. The van der Waals surface area contributed by atoms with Gasteiger partial charge in [-0.2, -0.15) is 0 Å². The van der Waals surface area contributed by atoms with Gasteiger partial charge in [-0.05, 0) is 25.1 Å². The maximum Gasteiger partial charge on any atom is 0.144 e. The highest BCUT2D eigenvalue weighted by Gasteiger charge is 2.17. The largest absolute Gasteiger partial charge is 0.321 e. The summed E-state index contributed by atoms with van der Waals surface area (Å²) in [5.41, 5.74) is 2.15. The molecule has 0 saturated heterocycles. The van der Waals surface area contributed by atoms with Crippen molar-refractivity contribution in [3.8, 4) is 0 Å². The second-order valence-electron chi connectivity index (χ2n) is 4.75. The van der Waals surface area contributed by atoms with Gasteiger partial charge in [0.2, 0.25) is 0 Å². The average Bonchev–Trinajstić information content (AvgIpc) is 2.79. The number of rotatable bonds is 3. The van der Waals surface area contributed by atoms with Crippen molar-refractivity contribution in [3.63, 3.8) is 0 Å². The number of alkyl halides is 1. The fourth-order valence-electron chi connectivity index (χ4n) is 2.26. The fraction of sp³-hybridized carbons (Fsp3) is 0.200. The Morgan fingerprint density at radius 3 is 2.81 bits per heavy atom. The fourth-order valence-corrected chi connectivity index (χ4v) is 2.59. The smallest absolute Gasteiger partial charge is 0.144 e. The van der Waals surface area contributed by atoms with Crippen LogP contribution in [0.25, 0.3) is 11.0 Å². The molecule has 1 atom stereocenters. The van der Waals surface area contributed by atoms with Gasteiger partial charge in [-0.15, -0.1) is 11.6 Å². The summed E-state index contributed by atoms with van der Waals surface area (Å²) in [4.78, 5) is 8.72. The molecule has 2 heterocycles. The molecule has 0 aliphatic rings. The van der Waals surface area contributed by atoms with Gasteiger partial charge in [0.15, 0.2) is 0 Å². The van der Waals surface area contributed by atoms with Crippen LogP contribution in [0.3, 0.4) is 0 Å². The van der Waals surface area contributed by atoms with Crippen LogP contribution in [0.2, 0.25) is 5.02 Å². The zero-order valence-electron chi connectivity index (χ0n) is 11.2. The minimum Gasteiger partial charge on any atom is -0.321 e. The maximum absolute atomic E-state index is 13.6. The number of hydrogen-bond acceptors (Lipinski definition) is 2. The molecule has 2 aromatic heterocycles. The third-order valence-electron chi connectivity index (χ3n) is 3.22. The Morgan fingerprint density at radius 2 is 2.14 bits per heavy atom. The molecule has 1 aromatic carbocycles. The van der Waals surface area contributed by atoms with Gasteiger partial charge in [0.1, 0.15) is 11.6 Å². The van der Waals surface area contributed by atoms with E-state index in [0.717, 1.165) is 11.2 Å². The quantitative estimate of drug-likeness (QED) is 0.661. The highest BCUT2D eigenvalue weighted by Crippen LogP contribution is 2.28. The van der Waals surface area contributed by atoms with Crippen molar-refractivity contribution in [1.29, 1.82) is 0 Å². The van der Waals surface area contributed by atoms with Gasteiger partial charge in [-0.1, -0.05) is 17.7 Å². The molecule has 108 valence electrons. The summed E-state index contributed by atoms with van der Waals surface area (Å²) >= 11 is 12.1. The number of hydrogen-bond donors (Lipinski definition) is 0. The predicted molar refractivity (Wildman–Crippen MR) is 82.3 cm³/mol. The predicted octanol–water partition coefficient (Wildman–Crippen LogP) is 4.57. The van der Waals surface area contributed by atoms with E-state index in [2.05, 4.69) is 9.97 Å². The van der Waals surface area contributed by atoms with Crippen LogP contribution in [-0.2, 0) is 6.54 Å². The number of aromatic nitrogens is 3. The van der Waals surface area contributed by atoms with Crippen LogP contribution >= 0.6 is 23.2 Å². The van der Waals surface area contributed by atoms with Crippen LogP contribution in [0.4, 0.5) is 4.39 Å². The first-order valence-electron chi connectivity index (χ1n) is 6.45. The zero-order chi connectivity index (χ0) is 15.0. The molecule has 0 N–H and O–H groups in total. The van der Waals surface area contributed by atoms with E-state index in [1.165, 1.54) is 6.07 Å².